The predicted octanol–water partition coefficient (Wildman–Crippen LogP) is 3.53. The van der Waals surface area contributed by atoms with E-state index in [1.54, 1.807) is 14.2 Å². The van der Waals surface area contributed by atoms with Crippen LogP contribution < -0.4 is 19.5 Å². The Balaban J connectivity index is 1.76. The summed E-state index contributed by atoms with van der Waals surface area (Å²) in [6.45, 7) is 1.30. The van der Waals surface area contributed by atoms with E-state index in [9.17, 15) is 0 Å². The van der Waals surface area contributed by atoms with Crippen LogP contribution in [0.4, 0.5) is 0 Å². The number of ether oxygens (including phenoxy) is 3. The van der Waals surface area contributed by atoms with E-state index in [-0.39, 0.29) is 0 Å². The topological polar surface area (TPSA) is 39.7 Å². The second kappa shape index (κ2) is 7.38. The third kappa shape index (κ3) is 4.17. The molecule has 1 aliphatic rings. The average Bonchev–Trinajstić information content (AvgIpc) is 3.43. The van der Waals surface area contributed by atoms with Gasteiger partial charge in [-0.05, 0) is 36.1 Å². The van der Waals surface area contributed by atoms with Crippen molar-refractivity contribution in [3.05, 3.63) is 53.6 Å². The van der Waals surface area contributed by atoms with Crippen LogP contribution in [-0.4, -0.2) is 20.3 Å². The van der Waals surface area contributed by atoms with Crippen molar-refractivity contribution in [2.45, 2.75) is 32.0 Å². The molecule has 1 N–H and O–H groups in total. The number of hydrogen-bond acceptors (Lipinski definition) is 4. The van der Waals surface area contributed by atoms with E-state index in [1.165, 1.54) is 12.8 Å². The number of rotatable bonds is 8. The Bertz CT molecular complexity index is 613. The Hall–Kier alpha value is -2.20. The molecule has 0 aromatic heterocycles. The van der Waals surface area contributed by atoms with E-state index in [0.29, 0.717) is 29.9 Å². The highest BCUT2D eigenvalue weighted by Gasteiger charge is 2.21. The molecule has 4 nitrogen and oxygen atoms in total. The molecule has 1 saturated carbocycles. The molecule has 0 atom stereocenters. The van der Waals surface area contributed by atoms with Crippen molar-refractivity contribution in [1.29, 1.82) is 0 Å². The van der Waals surface area contributed by atoms with E-state index in [1.807, 2.05) is 42.5 Å². The van der Waals surface area contributed by atoms with Crippen LogP contribution in [0.3, 0.4) is 0 Å². The van der Waals surface area contributed by atoms with Gasteiger partial charge in [0.15, 0.2) is 11.5 Å². The fourth-order valence-electron chi connectivity index (χ4n) is 2.46. The summed E-state index contributed by atoms with van der Waals surface area (Å²) >= 11 is 0. The Labute approximate surface area is 137 Å². The quantitative estimate of drug-likeness (QED) is 0.809. The van der Waals surface area contributed by atoms with Crippen LogP contribution in [0.1, 0.15) is 24.0 Å². The molecule has 0 radical (unpaired) electrons. The van der Waals surface area contributed by atoms with Crippen LogP contribution in [0.2, 0.25) is 0 Å². The number of benzene rings is 2. The summed E-state index contributed by atoms with van der Waals surface area (Å²) in [5, 5.41) is 3.50. The lowest BCUT2D eigenvalue weighted by Crippen LogP contribution is -2.15. The lowest BCUT2D eigenvalue weighted by Gasteiger charge is -2.16. The maximum atomic E-state index is 5.96. The molecule has 0 amide bonds. The first-order valence-electron chi connectivity index (χ1n) is 7.95. The summed E-state index contributed by atoms with van der Waals surface area (Å²) in [7, 11) is 3.31. The van der Waals surface area contributed by atoms with Crippen LogP contribution in [0, 0.1) is 0 Å². The SMILES string of the molecule is COc1cc(CNC2CC2)cc(OC)c1OCc1ccccc1. The van der Waals surface area contributed by atoms with Crippen molar-refractivity contribution >= 4 is 0 Å². The smallest absolute Gasteiger partial charge is 0.203 e. The normalized spacial score (nSPS) is 13.7. The Morgan fingerprint density at radius 3 is 2.17 bits per heavy atom. The summed E-state index contributed by atoms with van der Waals surface area (Å²) in [4.78, 5) is 0. The number of methoxy groups -OCH3 is 2. The minimum Gasteiger partial charge on any atom is -0.493 e. The zero-order chi connectivity index (χ0) is 16.1. The van der Waals surface area contributed by atoms with Crippen molar-refractivity contribution in [3.8, 4) is 17.2 Å². The van der Waals surface area contributed by atoms with Gasteiger partial charge in [-0.25, -0.2) is 0 Å². The highest BCUT2D eigenvalue weighted by Crippen LogP contribution is 2.39. The summed E-state index contributed by atoms with van der Waals surface area (Å²) < 4.78 is 17.0. The second-order valence-corrected chi connectivity index (χ2v) is 5.76. The second-order valence-electron chi connectivity index (χ2n) is 5.76. The molecular formula is C19H23NO3. The van der Waals surface area contributed by atoms with Gasteiger partial charge in [-0.15, -0.1) is 0 Å². The van der Waals surface area contributed by atoms with Crippen molar-refractivity contribution in [1.82, 2.24) is 5.32 Å². The Morgan fingerprint density at radius 1 is 0.957 bits per heavy atom. The van der Waals surface area contributed by atoms with Gasteiger partial charge in [0.1, 0.15) is 6.61 Å². The molecular weight excluding hydrogens is 290 g/mol. The minimum atomic E-state index is 0.479. The van der Waals surface area contributed by atoms with Gasteiger partial charge in [0.25, 0.3) is 0 Å². The number of hydrogen-bond donors (Lipinski definition) is 1. The summed E-state index contributed by atoms with van der Waals surface area (Å²) in [5.74, 6) is 2.05. The predicted molar refractivity (Wildman–Crippen MR) is 90.2 cm³/mol. The van der Waals surface area contributed by atoms with Gasteiger partial charge >= 0.3 is 0 Å². The molecule has 2 aromatic carbocycles. The fraction of sp³-hybridized carbons (Fsp3) is 0.368. The monoisotopic (exact) mass is 313 g/mol. The zero-order valence-corrected chi connectivity index (χ0v) is 13.7. The van der Waals surface area contributed by atoms with Crippen LogP contribution in [-0.2, 0) is 13.2 Å². The molecule has 122 valence electrons. The highest BCUT2D eigenvalue weighted by molar-refractivity contribution is 5.54. The molecule has 4 heteroatoms. The molecule has 0 spiro atoms. The summed E-state index contributed by atoms with van der Waals surface area (Å²) in [6.07, 6.45) is 2.54. The van der Waals surface area contributed by atoms with E-state index >= 15 is 0 Å². The standard InChI is InChI=1S/C19H23NO3/c1-21-17-10-15(12-20-16-8-9-16)11-18(22-2)19(17)23-13-14-6-4-3-5-7-14/h3-7,10-11,16,20H,8-9,12-13H2,1-2H3. The molecule has 0 saturated heterocycles. The molecule has 23 heavy (non-hydrogen) atoms. The van der Waals surface area contributed by atoms with Crippen molar-refractivity contribution in [2.75, 3.05) is 14.2 Å². The van der Waals surface area contributed by atoms with E-state index in [2.05, 4.69) is 5.32 Å². The van der Waals surface area contributed by atoms with Crippen molar-refractivity contribution < 1.29 is 14.2 Å². The maximum Gasteiger partial charge on any atom is 0.203 e. The molecule has 3 rings (SSSR count). The minimum absolute atomic E-state index is 0.479. The first kappa shape index (κ1) is 15.7. The molecule has 2 aromatic rings. The number of nitrogens with one attached hydrogen (secondary N) is 1. The first-order chi connectivity index (χ1) is 11.3. The van der Waals surface area contributed by atoms with Crippen LogP contribution >= 0.6 is 0 Å². The van der Waals surface area contributed by atoms with Gasteiger partial charge < -0.3 is 19.5 Å². The largest absolute Gasteiger partial charge is 0.493 e. The Kier molecular flexibility index (Phi) is 5.03. The molecule has 0 heterocycles. The van der Waals surface area contributed by atoms with Crippen molar-refractivity contribution in [3.63, 3.8) is 0 Å². The lowest BCUT2D eigenvalue weighted by atomic mass is 10.1. The van der Waals surface area contributed by atoms with Gasteiger partial charge in [-0.2, -0.15) is 0 Å². The van der Waals surface area contributed by atoms with E-state index in [0.717, 1.165) is 17.7 Å². The van der Waals surface area contributed by atoms with E-state index in [4.69, 9.17) is 14.2 Å². The van der Waals surface area contributed by atoms with Crippen LogP contribution in [0.15, 0.2) is 42.5 Å². The zero-order valence-electron chi connectivity index (χ0n) is 13.7. The van der Waals surface area contributed by atoms with Crippen molar-refractivity contribution in [2.24, 2.45) is 0 Å². The molecule has 0 unspecified atom stereocenters. The molecule has 0 aliphatic heterocycles. The van der Waals surface area contributed by atoms with E-state index < -0.39 is 0 Å². The third-order valence-corrected chi connectivity index (χ3v) is 3.92. The first-order valence-corrected chi connectivity index (χ1v) is 7.95. The third-order valence-electron chi connectivity index (χ3n) is 3.92. The van der Waals surface area contributed by atoms with Gasteiger partial charge in [0.05, 0.1) is 14.2 Å². The van der Waals surface area contributed by atoms with Gasteiger partial charge in [-0.1, -0.05) is 30.3 Å². The Morgan fingerprint density at radius 2 is 1.61 bits per heavy atom. The summed E-state index contributed by atoms with van der Waals surface area (Å²) in [6, 6.07) is 14.8. The summed E-state index contributed by atoms with van der Waals surface area (Å²) in [5.41, 5.74) is 2.24. The van der Waals surface area contributed by atoms with Gasteiger partial charge in [0, 0.05) is 12.6 Å². The average molecular weight is 313 g/mol. The van der Waals surface area contributed by atoms with Crippen LogP contribution in [0.5, 0.6) is 17.2 Å². The van der Waals surface area contributed by atoms with Gasteiger partial charge in [0.2, 0.25) is 5.75 Å². The molecule has 1 fully saturated rings. The molecule has 1 aliphatic carbocycles. The maximum absolute atomic E-state index is 5.96. The lowest BCUT2D eigenvalue weighted by molar-refractivity contribution is 0.265. The fourth-order valence-corrected chi connectivity index (χ4v) is 2.46. The van der Waals surface area contributed by atoms with Crippen LogP contribution in [0.25, 0.3) is 0 Å². The van der Waals surface area contributed by atoms with Gasteiger partial charge in [-0.3, -0.25) is 0 Å². The highest BCUT2D eigenvalue weighted by atomic mass is 16.5. The molecule has 0 bridgehead atoms.